The van der Waals surface area contributed by atoms with Crippen molar-refractivity contribution in [1.29, 1.82) is 0 Å². The van der Waals surface area contributed by atoms with Crippen LogP contribution in [0.3, 0.4) is 0 Å². The van der Waals surface area contributed by atoms with Gasteiger partial charge in [-0.1, -0.05) is 90.6 Å². The highest BCUT2D eigenvalue weighted by Crippen LogP contribution is 2.40. The molecule has 0 saturated heterocycles. The molecule has 0 radical (unpaired) electrons. The molecule has 4 aromatic rings. The quantitative estimate of drug-likeness (QED) is 0.329. The van der Waals surface area contributed by atoms with Crippen molar-refractivity contribution in [3.63, 3.8) is 0 Å². The summed E-state index contributed by atoms with van der Waals surface area (Å²) in [6, 6.07) is 33.4. The van der Waals surface area contributed by atoms with E-state index in [4.69, 9.17) is 25.3 Å². The molecule has 0 aliphatic heterocycles. The molecule has 27 heavy (non-hydrogen) atoms. The van der Waals surface area contributed by atoms with Crippen LogP contribution in [0.1, 0.15) is 0 Å². The predicted octanol–water partition coefficient (Wildman–Crippen LogP) is 7.75. The summed E-state index contributed by atoms with van der Waals surface area (Å²) < 4.78 is 0. The highest BCUT2D eigenvalue weighted by molar-refractivity contribution is 8.00. The zero-order valence-electron chi connectivity index (χ0n) is 14.5. The molecule has 4 aromatic carbocycles. The second-order valence-corrected chi connectivity index (χ2v) is 8.18. The standard InChI is InChI=1S/C24H18S3/c25-21-16-19(17-8-3-1-4-9-17)14-15-22(21)27-23-13-7-12-20(24(23)26)18-10-5-2-6-11-18/h1-16,25-26H. The number of hydrogen-bond acceptors (Lipinski definition) is 3. The van der Waals surface area contributed by atoms with Gasteiger partial charge in [0.1, 0.15) is 0 Å². The summed E-state index contributed by atoms with van der Waals surface area (Å²) >= 11 is 11.3. The lowest BCUT2D eigenvalue weighted by Gasteiger charge is -2.12. The maximum atomic E-state index is 4.82. The van der Waals surface area contributed by atoms with Gasteiger partial charge in [0.05, 0.1) is 0 Å². The molecular weight excluding hydrogens is 384 g/mol. The fourth-order valence-electron chi connectivity index (χ4n) is 2.99. The van der Waals surface area contributed by atoms with Crippen molar-refractivity contribution in [3.8, 4) is 22.3 Å². The van der Waals surface area contributed by atoms with Gasteiger partial charge in [0.25, 0.3) is 0 Å². The predicted molar refractivity (Wildman–Crippen MR) is 122 cm³/mol. The topological polar surface area (TPSA) is 0 Å². The summed E-state index contributed by atoms with van der Waals surface area (Å²) in [7, 11) is 0. The van der Waals surface area contributed by atoms with Gasteiger partial charge in [0.15, 0.2) is 0 Å². The van der Waals surface area contributed by atoms with E-state index in [-0.39, 0.29) is 0 Å². The van der Waals surface area contributed by atoms with E-state index in [1.165, 1.54) is 16.7 Å². The average Bonchev–Trinajstić information content (AvgIpc) is 2.72. The largest absolute Gasteiger partial charge is 0.142 e. The van der Waals surface area contributed by atoms with E-state index < -0.39 is 0 Å². The third kappa shape index (κ3) is 4.11. The van der Waals surface area contributed by atoms with Gasteiger partial charge in [-0.05, 0) is 40.5 Å². The van der Waals surface area contributed by atoms with E-state index in [0.29, 0.717) is 0 Å². The third-order valence-corrected chi connectivity index (χ3v) is 6.66. The molecule has 0 aliphatic carbocycles. The second kappa shape index (κ2) is 8.30. The summed E-state index contributed by atoms with van der Waals surface area (Å²) in [6.45, 7) is 0. The maximum absolute atomic E-state index is 4.82. The molecule has 0 nitrogen and oxygen atoms in total. The molecule has 0 spiro atoms. The van der Waals surface area contributed by atoms with E-state index >= 15 is 0 Å². The summed E-state index contributed by atoms with van der Waals surface area (Å²) in [6.07, 6.45) is 0. The van der Waals surface area contributed by atoms with Crippen LogP contribution in [0.25, 0.3) is 22.3 Å². The van der Waals surface area contributed by atoms with E-state index in [2.05, 4.69) is 84.9 Å². The van der Waals surface area contributed by atoms with Crippen LogP contribution in [0.4, 0.5) is 0 Å². The molecule has 3 heteroatoms. The zero-order valence-corrected chi connectivity index (χ0v) is 17.1. The first-order chi connectivity index (χ1) is 13.2. The second-order valence-electron chi connectivity index (χ2n) is 6.17. The van der Waals surface area contributed by atoms with Gasteiger partial charge >= 0.3 is 0 Å². The van der Waals surface area contributed by atoms with E-state index in [0.717, 1.165) is 25.1 Å². The van der Waals surface area contributed by atoms with E-state index in [1.807, 2.05) is 12.1 Å². The Hall–Kier alpha value is -2.07. The molecule has 0 amide bonds. The van der Waals surface area contributed by atoms with Crippen LogP contribution in [0.5, 0.6) is 0 Å². The Morgan fingerprint density at radius 3 is 1.85 bits per heavy atom. The Morgan fingerprint density at radius 2 is 1.19 bits per heavy atom. The summed E-state index contributed by atoms with van der Waals surface area (Å²) in [5, 5.41) is 0. The monoisotopic (exact) mass is 402 g/mol. The van der Waals surface area contributed by atoms with Gasteiger partial charge in [-0.3, -0.25) is 0 Å². The minimum Gasteiger partial charge on any atom is -0.142 e. The normalized spacial score (nSPS) is 10.7. The molecule has 0 bridgehead atoms. The molecule has 0 saturated carbocycles. The Balaban J connectivity index is 1.65. The molecule has 0 aromatic heterocycles. The highest BCUT2D eigenvalue weighted by atomic mass is 32.2. The van der Waals surface area contributed by atoms with Gasteiger partial charge < -0.3 is 0 Å². The van der Waals surface area contributed by atoms with Crippen LogP contribution >= 0.6 is 37.0 Å². The molecule has 132 valence electrons. The van der Waals surface area contributed by atoms with Crippen molar-refractivity contribution in [1.82, 2.24) is 0 Å². The Bertz CT molecular complexity index is 1060. The lowest BCUT2D eigenvalue weighted by Crippen LogP contribution is -1.85. The average molecular weight is 403 g/mol. The fourth-order valence-corrected chi connectivity index (χ4v) is 4.64. The Kier molecular flexibility index (Phi) is 5.63. The molecular formula is C24H18S3. The fraction of sp³-hybridized carbons (Fsp3) is 0. The van der Waals surface area contributed by atoms with Crippen molar-refractivity contribution in [2.24, 2.45) is 0 Å². The summed E-state index contributed by atoms with van der Waals surface area (Å²) in [5.41, 5.74) is 4.69. The zero-order chi connectivity index (χ0) is 18.6. The van der Waals surface area contributed by atoms with Gasteiger partial charge in [-0.25, -0.2) is 0 Å². The van der Waals surface area contributed by atoms with Crippen LogP contribution in [0.2, 0.25) is 0 Å². The number of rotatable bonds is 4. The van der Waals surface area contributed by atoms with E-state index in [9.17, 15) is 0 Å². The molecule has 0 fully saturated rings. The first-order valence-corrected chi connectivity index (χ1v) is 10.4. The molecule has 0 atom stereocenters. The number of thiol groups is 2. The maximum Gasteiger partial charge on any atom is 0.0262 e. The van der Waals surface area contributed by atoms with Gasteiger partial charge in [0.2, 0.25) is 0 Å². The SMILES string of the molecule is Sc1cc(-c2ccccc2)ccc1Sc1cccc(-c2ccccc2)c1S. The van der Waals surface area contributed by atoms with Crippen LogP contribution in [0, 0.1) is 0 Å². The van der Waals surface area contributed by atoms with Gasteiger partial charge in [0, 0.05) is 19.6 Å². The summed E-state index contributed by atoms with van der Waals surface area (Å²) in [4.78, 5) is 4.22. The molecule has 0 unspecified atom stereocenters. The van der Waals surface area contributed by atoms with E-state index in [1.54, 1.807) is 11.8 Å². The third-order valence-electron chi connectivity index (χ3n) is 4.37. The van der Waals surface area contributed by atoms with Crippen LogP contribution < -0.4 is 0 Å². The smallest absolute Gasteiger partial charge is 0.0262 e. The lowest BCUT2D eigenvalue weighted by atomic mass is 10.1. The first kappa shape index (κ1) is 18.3. The number of hydrogen-bond donors (Lipinski definition) is 2. The summed E-state index contributed by atoms with van der Waals surface area (Å²) in [5.74, 6) is 0. The van der Waals surface area contributed by atoms with Crippen LogP contribution in [0.15, 0.2) is 117 Å². The van der Waals surface area contributed by atoms with Crippen molar-refractivity contribution < 1.29 is 0 Å². The first-order valence-electron chi connectivity index (χ1n) is 8.66. The van der Waals surface area contributed by atoms with Gasteiger partial charge in [-0.15, -0.1) is 25.3 Å². The minimum atomic E-state index is 0.971. The molecule has 0 heterocycles. The molecule has 0 N–H and O–H groups in total. The highest BCUT2D eigenvalue weighted by Gasteiger charge is 2.10. The van der Waals surface area contributed by atoms with Crippen molar-refractivity contribution >= 4 is 37.0 Å². The van der Waals surface area contributed by atoms with Crippen molar-refractivity contribution in [2.45, 2.75) is 19.6 Å². The number of benzene rings is 4. The lowest BCUT2D eigenvalue weighted by molar-refractivity contribution is 1.21. The minimum absolute atomic E-state index is 0.971. The van der Waals surface area contributed by atoms with Gasteiger partial charge in [-0.2, -0.15) is 0 Å². The van der Waals surface area contributed by atoms with Crippen molar-refractivity contribution in [2.75, 3.05) is 0 Å². The van der Waals surface area contributed by atoms with Crippen LogP contribution in [-0.4, -0.2) is 0 Å². The van der Waals surface area contributed by atoms with Crippen molar-refractivity contribution in [3.05, 3.63) is 97.1 Å². The molecule has 0 aliphatic rings. The Labute approximate surface area is 175 Å². The molecule has 4 rings (SSSR count). The van der Waals surface area contributed by atoms with Crippen LogP contribution in [-0.2, 0) is 0 Å². The Morgan fingerprint density at radius 1 is 0.519 bits per heavy atom.